The molecule has 0 bridgehead atoms. The summed E-state index contributed by atoms with van der Waals surface area (Å²) < 4.78 is 0. The fraction of sp³-hybridized carbons (Fsp3) is 1.00. The molecule has 0 saturated heterocycles. The summed E-state index contributed by atoms with van der Waals surface area (Å²) >= 11 is 0. The lowest BCUT2D eigenvalue weighted by atomic mass is 10.5. The van der Waals surface area contributed by atoms with E-state index in [9.17, 15) is 0 Å². The summed E-state index contributed by atoms with van der Waals surface area (Å²) in [6.45, 7) is 10.8. The molecule has 0 aromatic heterocycles. The smallest absolute Gasteiger partial charge is 0.0443 e. The van der Waals surface area contributed by atoms with Crippen LogP contribution in [0.15, 0.2) is 0 Å². The molecule has 0 radical (unpaired) electrons. The van der Waals surface area contributed by atoms with E-state index < -0.39 is 0 Å². The molecular formula is C10H24. The zero-order chi connectivity index (χ0) is 8.41. The Bertz CT molecular complexity index is 33.3. The van der Waals surface area contributed by atoms with Crippen LogP contribution in [-0.2, 0) is 0 Å². The van der Waals surface area contributed by atoms with Crippen molar-refractivity contribution in [1.82, 2.24) is 0 Å². The molecule has 1 aliphatic carbocycles. The third-order valence-corrected chi connectivity index (χ3v) is 0.866. The van der Waals surface area contributed by atoms with Crippen molar-refractivity contribution in [3.8, 4) is 0 Å². The topological polar surface area (TPSA) is 0 Å². The molecule has 10 heavy (non-hydrogen) atoms. The molecule has 0 aromatic rings. The van der Waals surface area contributed by atoms with Gasteiger partial charge in [-0.15, -0.1) is 0 Å². The second kappa shape index (κ2) is 11.8. The van der Waals surface area contributed by atoms with Crippen molar-refractivity contribution in [3.05, 3.63) is 0 Å². The minimum Gasteiger partial charge on any atom is -0.0656 e. The highest BCUT2D eigenvalue weighted by Gasteiger charge is 2.12. The summed E-state index contributed by atoms with van der Waals surface area (Å²) in [7, 11) is 0. The van der Waals surface area contributed by atoms with Crippen LogP contribution in [0, 0.1) is 5.92 Å². The molecule has 1 aliphatic rings. The Morgan fingerprint density at radius 1 is 0.900 bits per heavy atom. The Morgan fingerprint density at radius 2 is 1.00 bits per heavy atom. The van der Waals surface area contributed by atoms with Gasteiger partial charge in [0.15, 0.2) is 0 Å². The van der Waals surface area contributed by atoms with Gasteiger partial charge in [-0.25, -0.2) is 0 Å². The highest BCUT2D eigenvalue weighted by atomic mass is 14.2. The molecule has 0 amide bonds. The van der Waals surface area contributed by atoms with Crippen molar-refractivity contribution in [2.75, 3.05) is 0 Å². The molecule has 1 fully saturated rings. The van der Waals surface area contributed by atoms with Crippen LogP contribution in [-0.4, -0.2) is 0 Å². The summed E-state index contributed by atoms with van der Waals surface area (Å²) in [5, 5.41) is 0. The van der Waals surface area contributed by atoms with Gasteiger partial charge in [0.2, 0.25) is 0 Å². The largest absolute Gasteiger partial charge is 0.0656 e. The molecule has 0 spiro atoms. The average molecular weight is 144 g/mol. The molecular weight excluding hydrogens is 120 g/mol. The normalized spacial score (nSPS) is 14.1. The van der Waals surface area contributed by atoms with Crippen LogP contribution in [0.4, 0.5) is 0 Å². The maximum atomic E-state index is 2.28. The van der Waals surface area contributed by atoms with E-state index in [0.29, 0.717) is 0 Å². The van der Waals surface area contributed by atoms with E-state index in [-0.39, 0.29) is 0 Å². The van der Waals surface area contributed by atoms with Crippen LogP contribution in [0.3, 0.4) is 0 Å². The van der Waals surface area contributed by atoms with Gasteiger partial charge in [0, 0.05) is 0 Å². The van der Waals surface area contributed by atoms with Crippen molar-refractivity contribution in [1.29, 1.82) is 0 Å². The van der Waals surface area contributed by atoms with Gasteiger partial charge in [-0.05, 0) is 5.92 Å². The number of hydrogen-bond donors (Lipinski definition) is 0. The van der Waals surface area contributed by atoms with Gasteiger partial charge in [0.05, 0.1) is 0 Å². The fourth-order valence-corrected chi connectivity index (χ4v) is 0.167. The van der Waals surface area contributed by atoms with Crippen molar-refractivity contribution in [2.45, 2.75) is 60.3 Å². The minimum absolute atomic E-state index is 1.08. The molecule has 1 saturated carbocycles. The first-order valence-corrected chi connectivity index (χ1v) is 4.72. The second-order valence-electron chi connectivity index (χ2n) is 3.10. The highest BCUT2D eigenvalue weighted by Crippen LogP contribution is 2.26. The second-order valence-corrected chi connectivity index (χ2v) is 3.10. The zero-order valence-electron chi connectivity index (χ0n) is 8.41. The Hall–Kier alpha value is 0. The van der Waals surface area contributed by atoms with E-state index in [2.05, 4.69) is 34.6 Å². The maximum Gasteiger partial charge on any atom is -0.0443 e. The lowest BCUT2D eigenvalue weighted by Crippen LogP contribution is -1.42. The maximum absolute atomic E-state index is 2.28. The lowest BCUT2D eigenvalue weighted by Gasteiger charge is -1.53. The number of hydrogen-bond acceptors (Lipinski definition) is 0. The van der Waals surface area contributed by atoms with E-state index >= 15 is 0 Å². The highest BCUT2D eigenvalue weighted by molar-refractivity contribution is 4.65. The first-order valence-electron chi connectivity index (χ1n) is 4.72. The SMILES string of the molecule is CC1CC1.CCC.CCC. The summed E-state index contributed by atoms with van der Waals surface area (Å²) in [5.74, 6) is 1.08. The van der Waals surface area contributed by atoms with Gasteiger partial charge in [0.25, 0.3) is 0 Å². The molecule has 0 heterocycles. The molecule has 0 aromatic carbocycles. The molecule has 1 rings (SSSR count). The van der Waals surface area contributed by atoms with E-state index in [0.717, 1.165) is 5.92 Å². The Balaban J connectivity index is 0. The van der Waals surface area contributed by atoms with Gasteiger partial charge < -0.3 is 0 Å². The van der Waals surface area contributed by atoms with Crippen LogP contribution in [0.5, 0.6) is 0 Å². The molecule has 0 unspecified atom stereocenters. The van der Waals surface area contributed by atoms with Crippen LogP contribution < -0.4 is 0 Å². The predicted molar refractivity (Wildman–Crippen MR) is 50.3 cm³/mol. The Kier molecular flexibility index (Phi) is 14.9. The van der Waals surface area contributed by atoms with Crippen LogP contribution in [0.25, 0.3) is 0 Å². The van der Waals surface area contributed by atoms with E-state index in [4.69, 9.17) is 0 Å². The third kappa shape index (κ3) is 43.6. The lowest BCUT2D eigenvalue weighted by molar-refractivity contribution is 0.983. The third-order valence-electron chi connectivity index (χ3n) is 0.866. The first-order chi connectivity index (χ1) is 4.72. The molecule has 0 nitrogen and oxygen atoms in total. The van der Waals surface area contributed by atoms with E-state index in [1.807, 2.05) is 0 Å². The van der Waals surface area contributed by atoms with Crippen molar-refractivity contribution in [3.63, 3.8) is 0 Å². The standard InChI is InChI=1S/C4H8.2C3H8/c1-4-2-3-4;2*1-3-2/h4H,2-3H2,1H3;2*3H2,1-2H3. The zero-order valence-corrected chi connectivity index (χ0v) is 8.41. The molecule has 64 valence electrons. The van der Waals surface area contributed by atoms with Gasteiger partial charge in [-0.1, -0.05) is 60.3 Å². The molecule has 0 atom stereocenters. The van der Waals surface area contributed by atoms with Gasteiger partial charge in [0.1, 0.15) is 0 Å². The van der Waals surface area contributed by atoms with Crippen molar-refractivity contribution >= 4 is 0 Å². The quantitative estimate of drug-likeness (QED) is 0.477. The summed E-state index contributed by atoms with van der Waals surface area (Å²) in [6.07, 6.45) is 5.47. The van der Waals surface area contributed by atoms with E-state index in [1.54, 1.807) is 0 Å². The summed E-state index contributed by atoms with van der Waals surface area (Å²) in [6, 6.07) is 0. The van der Waals surface area contributed by atoms with Crippen LogP contribution in [0.1, 0.15) is 60.3 Å². The first kappa shape index (κ1) is 12.7. The van der Waals surface area contributed by atoms with Gasteiger partial charge >= 0.3 is 0 Å². The van der Waals surface area contributed by atoms with Crippen molar-refractivity contribution < 1.29 is 0 Å². The molecule has 0 N–H and O–H groups in total. The van der Waals surface area contributed by atoms with E-state index in [1.165, 1.54) is 25.7 Å². The van der Waals surface area contributed by atoms with Crippen molar-refractivity contribution in [2.24, 2.45) is 5.92 Å². The van der Waals surface area contributed by atoms with Crippen LogP contribution >= 0.6 is 0 Å². The van der Waals surface area contributed by atoms with Gasteiger partial charge in [-0.3, -0.25) is 0 Å². The van der Waals surface area contributed by atoms with Gasteiger partial charge in [-0.2, -0.15) is 0 Å². The molecule has 0 heteroatoms. The Labute approximate surface area is 67.0 Å². The summed E-state index contributed by atoms with van der Waals surface area (Å²) in [4.78, 5) is 0. The predicted octanol–water partition coefficient (Wildman–Crippen LogP) is 4.25. The monoisotopic (exact) mass is 144 g/mol. The minimum atomic E-state index is 1.08. The molecule has 0 aliphatic heterocycles. The van der Waals surface area contributed by atoms with Crippen LogP contribution in [0.2, 0.25) is 0 Å². The fourth-order valence-electron chi connectivity index (χ4n) is 0.167. The summed E-state index contributed by atoms with van der Waals surface area (Å²) in [5.41, 5.74) is 0. The Morgan fingerprint density at radius 3 is 1.00 bits per heavy atom. The average Bonchev–Trinajstić information content (AvgIpc) is 2.55. The number of rotatable bonds is 0.